The van der Waals surface area contributed by atoms with E-state index < -0.39 is 0 Å². The normalized spacial score (nSPS) is 24.5. The Morgan fingerprint density at radius 2 is 2.00 bits per heavy atom. The summed E-state index contributed by atoms with van der Waals surface area (Å²) >= 11 is 0. The summed E-state index contributed by atoms with van der Waals surface area (Å²) in [6, 6.07) is 6.91. The molecule has 1 aromatic rings. The van der Waals surface area contributed by atoms with E-state index >= 15 is 0 Å². The van der Waals surface area contributed by atoms with Crippen LogP contribution in [0, 0.1) is 5.92 Å². The van der Waals surface area contributed by atoms with E-state index in [4.69, 9.17) is 15.2 Å². The molecule has 0 bridgehead atoms. The van der Waals surface area contributed by atoms with Gasteiger partial charge in [0.1, 0.15) is 0 Å². The van der Waals surface area contributed by atoms with E-state index in [0.29, 0.717) is 18.8 Å². The van der Waals surface area contributed by atoms with E-state index in [9.17, 15) is 0 Å². The number of benzene rings is 1. The van der Waals surface area contributed by atoms with Crippen molar-refractivity contribution in [2.75, 3.05) is 19.9 Å². The molecule has 1 aromatic carbocycles. The maximum atomic E-state index is 5.99. The Hall–Kier alpha value is -1.26. The predicted octanol–water partition coefficient (Wildman–Crippen LogP) is 2.75. The molecule has 3 rings (SSSR count). The quantitative estimate of drug-likeness (QED) is 0.906. The Morgan fingerprint density at radius 1 is 1.19 bits per heavy atom. The van der Waals surface area contributed by atoms with Gasteiger partial charge >= 0.3 is 0 Å². The summed E-state index contributed by atoms with van der Waals surface area (Å²) in [4.78, 5) is 2.58. The van der Waals surface area contributed by atoms with Crippen LogP contribution in [0.1, 0.15) is 38.2 Å². The zero-order valence-electron chi connectivity index (χ0n) is 12.9. The van der Waals surface area contributed by atoms with Gasteiger partial charge in [0.15, 0.2) is 11.5 Å². The third-order valence-electron chi connectivity index (χ3n) is 4.87. The standard InChI is InChI=1S/C17H26N2O2/c1-2-19(15-6-4-3-5-14(15)10-18)11-13-7-8-16-17(9-13)21-12-20-16/h7-9,14-15H,2-6,10-12,18H2,1H3. The van der Waals surface area contributed by atoms with Gasteiger partial charge in [-0.05, 0) is 49.5 Å². The SMILES string of the molecule is CCN(Cc1ccc2c(c1)OCO2)C1CCCCC1CN. The summed E-state index contributed by atoms with van der Waals surface area (Å²) in [5, 5.41) is 0. The molecule has 2 atom stereocenters. The number of ether oxygens (including phenoxy) is 2. The lowest BCUT2D eigenvalue weighted by Gasteiger charge is -2.39. The number of rotatable bonds is 5. The van der Waals surface area contributed by atoms with Crippen LogP contribution in [0.4, 0.5) is 0 Å². The Bertz CT molecular complexity index is 478. The number of fused-ring (bicyclic) bond motifs is 1. The fraction of sp³-hybridized carbons (Fsp3) is 0.647. The van der Waals surface area contributed by atoms with E-state index in [1.54, 1.807) is 0 Å². The molecule has 0 amide bonds. The van der Waals surface area contributed by atoms with Crippen molar-refractivity contribution in [1.29, 1.82) is 0 Å². The van der Waals surface area contributed by atoms with Crippen LogP contribution < -0.4 is 15.2 Å². The molecule has 2 N–H and O–H groups in total. The van der Waals surface area contributed by atoms with Crippen LogP contribution in [0.25, 0.3) is 0 Å². The molecular weight excluding hydrogens is 264 g/mol. The molecule has 1 fully saturated rings. The van der Waals surface area contributed by atoms with E-state index in [0.717, 1.165) is 31.1 Å². The van der Waals surface area contributed by atoms with Gasteiger partial charge in [-0.25, -0.2) is 0 Å². The highest BCUT2D eigenvalue weighted by Crippen LogP contribution is 2.34. The molecule has 4 heteroatoms. The fourth-order valence-corrected chi connectivity index (χ4v) is 3.68. The molecule has 4 nitrogen and oxygen atoms in total. The molecule has 21 heavy (non-hydrogen) atoms. The van der Waals surface area contributed by atoms with Crippen molar-refractivity contribution in [3.63, 3.8) is 0 Å². The van der Waals surface area contributed by atoms with Crippen molar-refractivity contribution in [2.24, 2.45) is 11.7 Å². The van der Waals surface area contributed by atoms with Gasteiger partial charge in [0.2, 0.25) is 6.79 Å². The summed E-state index contributed by atoms with van der Waals surface area (Å²) in [6.07, 6.45) is 5.22. The second kappa shape index (κ2) is 6.67. The highest BCUT2D eigenvalue weighted by atomic mass is 16.7. The number of hydrogen-bond acceptors (Lipinski definition) is 4. The molecule has 116 valence electrons. The Kier molecular flexibility index (Phi) is 4.66. The van der Waals surface area contributed by atoms with E-state index in [1.807, 2.05) is 6.07 Å². The highest BCUT2D eigenvalue weighted by molar-refractivity contribution is 5.44. The Morgan fingerprint density at radius 3 is 2.81 bits per heavy atom. The molecule has 1 aliphatic carbocycles. The zero-order valence-corrected chi connectivity index (χ0v) is 12.9. The zero-order chi connectivity index (χ0) is 14.7. The van der Waals surface area contributed by atoms with Gasteiger partial charge in [0.25, 0.3) is 0 Å². The third kappa shape index (κ3) is 3.16. The largest absolute Gasteiger partial charge is 0.454 e. The average Bonchev–Trinajstić information content (AvgIpc) is 3.00. The first-order valence-electron chi connectivity index (χ1n) is 8.14. The van der Waals surface area contributed by atoms with Crippen LogP contribution in [-0.2, 0) is 6.54 Å². The number of hydrogen-bond donors (Lipinski definition) is 1. The molecule has 1 saturated carbocycles. The second-order valence-electron chi connectivity index (χ2n) is 6.10. The lowest BCUT2D eigenvalue weighted by molar-refractivity contribution is 0.105. The van der Waals surface area contributed by atoms with Crippen LogP contribution in [0.5, 0.6) is 11.5 Å². The third-order valence-corrected chi connectivity index (χ3v) is 4.87. The van der Waals surface area contributed by atoms with E-state index in [-0.39, 0.29) is 0 Å². The summed E-state index contributed by atoms with van der Waals surface area (Å²) in [5.74, 6) is 2.38. The molecule has 2 aliphatic rings. The van der Waals surface area contributed by atoms with Crippen LogP contribution in [0.3, 0.4) is 0 Å². The van der Waals surface area contributed by atoms with Crippen LogP contribution >= 0.6 is 0 Å². The summed E-state index contributed by atoms with van der Waals surface area (Å²) in [7, 11) is 0. The smallest absolute Gasteiger partial charge is 0.231 e. The molecule has 0 aromatic heterocycles. The minimum atomic E-state index is 0.341. The van der Waals surface area contributed by atoms with Gasteiger partial charge in [0, 0.05) is 12.6 Å². The van der Waals surface area contributed by atoms with Gasteiger partial charge in [-0.15, -0.1) is 0 Å². The van der Waals surface area contributed by atoms with Gasteiger partial charge in [0.05, 0.1) is 0 Å². The average molecular weight is 290 g/mol. The monoisotopic (exact) mass is 290 g/mol. The Labute approximate surface area is 127 Å². The topological polar surface area (TPSA) is 47.7 Å². The lowest BCUT2D eigenvalue weighted by Crippen LogP contribution is -2.44. The minimum Gasteiger partial charge on any atom is -0.454 e. The predicted molar refractivity (Wildman–Crippen MR) is 83.4 cm³/mol. The number of nitrogens with zero attached hydrogens (tertiary/aromatic N) is 1. The van der Waals surface area contributed by atoms with Crippen LogP contribution in [0.2, 0.25) is 0 Å². The Balaban J connectivity index is 1.71. The maximum Gasteiger partial charge on any atom is 0.231 e. The molecule has 0 spiro atoms. The van der Waals surface area contributed by atoms with Crippen molar-refractivity contribution in [3.05, 3.63) is 23.8 Å². The van der Waals surface area contributed by atoms with Crippen LogP contribution in [0.15, 0.2) is 18.2 Å². The summed E-state index contributed by atoms with van der Waals surface area (Å²) < 4.78 is 10.9. The van der Waals surface area contributed by atoms with E-state index in [1.165, 1.54) is 31.2 Å². The molecule has 2 unspecified atom stereocenters. The lowest BCUT2D eigenvalue weighted by atomic mass is 9.83. The van der Waals surface area contributed by atoms with Crippen molar-refractivity contribution >= 4 is 0 Å². The van der Waals surface area contributed by atoms with Crippen molar-refractivity contribution in [3.8, 4) is 11.5 Å². The maximum absolute atomic E-state index is 5.99. The summed E-state index contributed by atoms with van der Waals surface area (Å²) in [5.41, 5.74) is 7.28. The molecule has 0 radical (unpaired) electrons. The van der Waals surface area contributed by atoms with Crippen molar-refractivity contribution in [2.45, 2.75) is 45.2 Å². The summed E-state index contributed by atoms with van der Waals surface area (Å²) in [6.45, 7) is 5.43. The van der Waals surface area contributed by atoms with E-state index in [2.05, 4.69) is 24.0 Å². The van der Waals surface area contributed by atoms with Gasteiger partial charge < -0.3 is 15.2 Å². The number of nitrogens with two attached hydrogens (primary N) is 1. The molecular formula is C17H26N2O2. The van der Waals surface area contributed by atoms with Crippen molar-refractivity contribution in [1.82, 2.24) is 4.90 Å². The first-order chi connectivity index (χ1) is 10.3. The molecule has 1 heterocycles. The van der Waals surface area contributed by atoms with Crippen LogP contribution in [-0.4, -0.2) is 30.8 Å². The van der Waals surface area contributed by atoms with Gasteiger partial charge in [-0.2, -0.15) is 0 Å². The first-order valence-corrected chi connectivity index (χ1v) is 8.14. The molecule has 1 aliphatic heterocycles. The second-order valence-corrected chi connectivity index (χ2v) is 6.10. The first kappa shape index (κ1) is 14.7. The molecule has 0 saturated heterocycles. The van der Waals surface area contributed by atoms with Gasteiger partial charge in [-0.1, -0.05) is 25.8 Å². The minimum absolute atomic E-state index is 0.341. The van der Waals surface area contributed by atoms with Crippen molar-refractivity contribution < 1.29 is 9.47 Å². The van der Waals surface area contributed by atoms with Gasteiger partial charge in [-0.3, -0.25) is 4.90 Å². The fourth-order valence-electron chi connectivity index (χ4n) is 3.68. The highest BCUT2D eigenvalue weighted by Gasteiger charge is 2.28.